The molecular formula is C50H64F5N11O10S2. The third-order valence-electron chi connectivity index (χ3n) is 12.3. The highest BCUT2D eigenvalue weighted by Gasteiger charge is 2.36. The van der Waals surface area contributed by atoms with Crippen molar-refractivity contribution in [1.82, 2.24) is 42.2 Å². The lowest BCUT2D eigenvalue weighted by Crippen LogP contribution is -2.62. The number of amides is 8. The molecule has 1 heterocycles. The van der Waals surface area contributed by atoms with E-state index in [1.807, 2.05) is 0 Å². The number of carbonyl (C=O) groups is 8. The molecule has 426 valence electrons. The molecule has 21 nitrogen and oxygen atoms in total. The van der Waals surface area contributed by atoms with Crippen molar-refractivity contribution in [2.75, 3.05) is 18.1 Å². The lowest BCUT2D eigenvalue weighted by molar-refractivity contribution is -0.136. The normalized spacial score (nSPS) is 14.8. The van der Waals surface area contributed by atoms with Crippen LogP contribution >= 0.6 is 25.3 Å². The number of benzene rings is 3. The molecule has 3 aromatic carbocycles. The van der Waals surface area contributed by atoms with Crippen LogP contribution < -0.4 is 54.4 Å². The van der Waals surface area contributed by atoms with Crippen LogP contribution in [0, 0.1) is 35.0 Å². The van der Waals surface area contributed by atoms with Crippen LogP contribution in [-0.4, -0.2) is 135 Å². The van der Waals surface area contributed by atoms with E-state index in [1.54, 1.807) is 44.3 Å². The third kappa shape index (κ3) is 17.2. The molecule has 4 aromatic rings. The van der Waals surface area contributed by atoms with Crippen molar-refractivity contribution in [3.8, 4) is 5.75 Å². The van der Waals surface area contributed by atoms with Gasteiger partial charge in [-0.3, -0.25) is 38.4 Å². The van der Waals surface area contributed by atoms with E-state index >= 15 is 0 Å². The fraction of sp³-hybridized carbons (Fsp3) is 0.440. The summed E-state index contributed by atoms with van der Waals surface area (Å²) in [5, 5.41) is 37.9. The number of hydrogen-bond acceptors (Lipinski definition) is 14. The molecule has 0 unspecified atom stereocenters. The number of para-hydroxylation sites is 1. The van der Waals surface area contributed by atoms with Gasteiger partial charge < -0.3 is 69.6 Å². The van der Waals surface area contributed by atoms with E-state index in [2.05, 4.69) is 67.5 Å². The summed E-state index contributed by atoms with van der Waals surface area (Å²) in [5.41, 5.74) is 17.0. The molecular weight excluding hydrogens is 1070 g/mol. The van der Waals surface area contributed by atoms with Crippen molar-refractivity contribution in [3.63, 3.8) is 0 Å². The molecule has 0 aliphatic rings. The van der Waals surface area contributed by atoms with Gasteiger partial charge in [0.1, 0.15) is 48.0 Å². The molecule has 0 saturated carbocycles. The van der Waals surface area contributed by atoms with E-state index in [9.17, 15) is 70.5 Å². The number of phenols is 1. The summed E-state index contributed by atoms with van der Waals surface area (Å²) in [5.74, 6) is -20.9. The summed E-state index contributed by atoms with van der Waals surface area (Å²) in [6, 6.07) is 0.0463. The minimum atomic E-state index is -2.43. The molecule has 0 fully saturated rings. The molecule has 0 saturated heterocycles. The van der Waals surface area contributed by atoms with Gasteiger partial charge in [-0.1, -0.05) is 44.2 Å². The third-order valence-corrected chi connectivity index (χ3v) is 13.1. The van der Waals surface area contributed by atoms with Crippen molar-refractivity contribution in [3.05, 3.63) is 101 Å². The quantitative estimate of drug-likeness (QED) is 0.0111. The first kappa shape index (κ1) is 63.5. The number of fused-ring (bicyclic) bond motifs is 1. The number of carbonyl (C=O) groups excluding carboxylic acids is 8. The minimum absolute atomic E-state index is 0.0357. The summed E-state index contributed by atoms with van der Waals surface area (Å²) in [7, 11) is 0. The number of aromatic amines is 1. The van der Waals surface area contributed by atoms with E-state index in [1.165, 1.54) is 31.2 Å². The second-order valence-corrected chi connectivity index (χ2v) is 19.3. The molecule has 0 aliphatic heterocycles. The Balaban J connectivity index is 1.64. The number of thiol groups is 2. The Morgan fingerprint density at radius 2 is 1.06 bits per heavy atom. The van der Waals surface area contributed by atoms with E-state index in [0.717, 1.165) is 0 Å². The zero-order chi connectivity index (χ0) is 58.1. The van der Waals surface area contributed by atoms with Gasteiger partial charge in [0.25, 0.3) is 0 Å². The van der Waals surface area contributed by atoms with Crippen molar-refractivity contribution in [2.24, 2.45) is 23.1 Å². The fourth-order valence-corrected chi connectivity index (χ4v) is 8.44. The van der Waals surface area contributed by atoms with Crippen LogP contribution in [0.15, 0.2) is 54.7 Å². The van der Waals surface area contributed by atoms with Crippen LogP contribution in [0.1, 0.15) is 56.7 Å². The van der Waals surface area contributed by atoms with Gasteiger partial charge in [0.15, 0.2) is 23.3 Å². The predicted molar refractivity (Wildman–Crippen MR) is 282 cm³/mol. The number of aromatic nitrogens is 1. The largest absolute Gasteiger partial charge is 0.508 e. The lowest BCUT2D eigenvalue weighted by Gasteiger charge is -2.29. The maximum atomic E-state index is 14.7. The van der Waals surface area contributed by atoms with Crippen LogP contribution in [-0.2, 0) is 57.6 Å². The predicted octanol–water partition coefficient (Wildman–Crippen LogP) is -0.171. The summed E-state index contributed by atoms with van der Waals surface area (Å²) >= 11 is 8.26. The van der Waals surface area contributed by atoms with E-state index in [4.69, 9.17) is 17.2 Å². The maximum absolute atomic E-state index is 14.7. The summed E-state index contributed by atoms with van der Waals surface area (Å²) < 4.78 is 70.5. The first-order valence-electron chi connectivity index (χ1n) is 24.4. The number of nitrogens with two attached hydrogens (primary N) is 3. The molecule has 0 bridgehead atoms. The average Bonchev–Trinajstić information content (AvgIpc) is 3.81. The molecule has 0 aliphatic carbocycles. The van der Waals surface area contributed by atoms with Crippen LogP contribution in [0.4, 0.5) is 22.0 Å². The molecule has 1 aromatic heterocycles. The highest BCUT2D eigenvalue weighted by atomic mass is 32.1. The number of primary amides is 1. The van der Waals surface area contributed by atoms with Gasteiger partial charge in [-0.25, -0.2) is 22.0 Å². The van der Waals surface area contributed by atoms with Crippen LogP contribution in [0.2, 0.25) is 0 Å². The van der Waals surface area contributed by atoms with E-state index < -0.39 is 154 Å². The van der Waals surface area contributed by atoms with Crippen molar-refractivity contribution >= 4 is 83.4 Å². The first-order valence-corrected chi connectivity index (χ1v) is 25.7. The number of rotatable bonds is 29. The molecule has 78 heavy (non-hydrogen) atoms. The molecule has 8 amide bonds. The van der Waals surface area contributed by atoms with Gasteiger partial charge in [-0.15, -0.1) is 0 Å². The molecule has 16 N–H and O–H groups in total. The summed E-state index contributed by atoms with van der Waals surface area (Å²) in [6.07, 6.45) is -0.902. The Labute approximate surface area is 455 Å². The molecule has 0 radical (unpaired) electrons. The van der Waals surface area contributed by atoms with Gasteiger partial charge in [-0.05, 0) is 68.0 Å². The Morgan fingerprint density at radius 3 is 1.60 bits per heavy atom. The molecule has 0 spiro atoms. The summed E-state index contributed by atoms with van der Waals surface area (Å²) in [6.45, 7) is 4.60. The Morgan fingerprint density at radius 1 is 0.590 bits per heavy atom. The zero-order valence-electron chi connectivity index (χ0n) is 42.5. The smallest absolute Gasteiger partial charge is 0.244 e. The van der Waals surface area contributed by atoms with Gasteiger partial charge >= 0.3 is 0 Å². The number of unbranched alkanes of at least 4 members (excludes halogenated alkanes) is 1. The van der Waals surface area contributed by atoms with Crippen molar-refractivity contribution in [2.45, 2.75) is 114 Å². The number of aromatic hydroxyl groups is 1. The SMILES string of the molecule is CC(C)[C@H](NC(=O)[C@H](CCCCN)NC(=O)[C@@H](Cc1c[nH]c2ccccc12)NC(=O)[C@H](Cc1ccc(O)cc1)NC(=O)[C@H](CS)NC(=O)[C@H](N)Cc1c(F)c(F)c(F)c(F)c1F)C(=O)N[C@@H](CS)C(=O)N[C@H](C(N)=O)[C@@H](C)O. The average molecular weight is 1140 g/mol. The van der Waals surface area contributed by atoms with Crippen molar-refractivity contribution in [1.29, 1.82) is 0 Å². The fourth-order valence-electron chi connectivity index (χ4n) is 7.93. The number of nitrogens with one attached hydrogen (secondary N) is 8. The van der Waals surface area contributed by atoms with Crippen LogP contribution in [0.3, 0.4) is 0 Å². The molecule has 4 rings (SSSR count). The van der Waals surface area contributed by atoms with Crippen molar-refractivity contribution < 1.29 is 70.5 Å². The second kappa shape index (κ2) is 29.7. The number of phenolic OH excluding ortho intramolecular Hbond substituents is 1. The maximum Gasteiger partial charge on any atom is 0.244 e. The standard InChI is InChI=1S/C50H64F5N11O10S2/c1-22(2)41(50(76)64-35(21-78)49(75)66-42(23(3)67)43(58)69)65-45(71)31(10-6-7-15-56)60-47(73)33(17-25-19-59-30-9-5-4-8-27(25)30)62-46(72)32(16-24-11-13-26(68)14-12-24)61-48(74)34(20-77)63-44(70)29(57)18-28-36(51)38(53)40(55)39(54)37(28)52/h4-5,8-9,11-14,19,22-23,29,31-35,41-42,59,67-68,77-78H,6-7,10,15-18,20-21,56-57H2,1-3H3,(H2,58,69)(H,60,73)(H,61,74)(H,62,72)(H,63,70)(H,64,76)(H,65,71)(H,66,75)/t23-,29-,31+,32+,33-,34+,35+,41+,42+/m1/s1. The van der Waals surface area contributed by atoms with Gasteiger partial charge in [0, 0.05) is 53.4 Å². The van der Waals surface area contributed by atoms with E-state index in [0.29, 0.717) is 28.5 Å². The van der Waals surface area contributed by atoms with Crippen LogP contribution in [0.5, 0.6) is 5.75 Å². The van der Waals surface area contributed by atoms with Gasteiger partial charge in [0.05, 0.1) is 12.1 Å². The number of hydrogen-bond donors (Lipinski definition) is 15. The summed E-state index contributed by atoms with van der Waals surface area (Å²) in [4.78, 5) is 112. The van der Waals surface area contributed by atoms with Gasteiger partial charge in [0.2, 0.25) is 53.1 Å². The highest BCUT2D eigenvalue weighted by molar-refractivity contribution is 7.80. The Bertz CT molecular complexity index is 2770. The molecule has 28 heteroatoms. The van der Waals surface area contributed by atoms with Crippen LogP contribution in [0.25, 0.3) is 10.9 Å². The Kier molecular flexibility index (Phi) is 24.1. The topological polar surface area (TPSA) is 355 Å². The monoisotopic (exact) mass is 1140 g/mol. The second-order valence-electron chi connectivity index (χ2n) is 18.6. The molecule has 9 atom stereocenters. The lowest BCUT2D eigenvalue weighted by atomic mass is 10.00. The number of aliphatic hydroxyl groups is 1. The highest BCUT2D eigenvalue weighted by Crippen LogP contribution is 2.25. The minimum Gasteiger partial charge on any atom is -0.508 e. The number of aliphatic hydroxyl groups excluding tert-OH is 1. The number of H-pyrrole nitrogens is 1. The number of halogens is 5. The van der Waals surface area contributed by atoms with E-state index in [-0.39, 0.29) is 43.7 Å². The zero-order valence-corrected chi connectivity index (χ0v) is 44.3. The first-order chi connectivity index (χ1) is 36.8. The van der Waals surface area contributed by atoms with Gasteiger partial charge in [-0.2, -0.15) is 25.3 Å². The Hall–Kier alpha value is -7.01.